The second-order valence-electron chi connectivity index (χ2n) is 7.61. The van der Waals surface area contributed by atoms with Crippen molar-refractivity contribution in [1.82, 2.24) is 14.7 Å². The summed E-state index contributed by atoms with van der Waals surface area (Å²) in [6, 6.07) is 13.0. The molecule has 0 aliphatic carbocycles. The maximum atomic E-state index is 13.5. The number of ether oxygens (including phenoxy) is 4. The van der Waals surface area contributed by atoms with E-state index in [1.54, 1.807) is 23.1 Å². The number of benzene rings is 2. The van der Waals surface area contributed by atoms with Gasteiger partial charge in [0.2, 0.25) is 6.79 Å². The van der Waals surface area contributed by atoms with Crippen molar-refractivity contribution in [3.63, 3.8) is 0 Å². The molecule has 1 aromatic heterocycles. The molecule has 0 N–H and O–H groups in total. The first kappa shape index (κ1) is 19.3. The number of fused-ring (bicyclic) bond motifs is 2. The Morgan fingerprint density at radius 2 is 1.65 bits per heavy atom. The van der Waals surface area contributed by atoms with E-state index in [9.17, 15) is 4.79 Å². The van der Waals surface area contributed by atoms with E-state index in [1.165, 1.54) is 0 Å². The number of aryl methyl sites for hydroxylation is 2. The average Bonchev–Trinajstić information content (AvgIpc) is 3.38. The summed E-state index contributed by atoms with van der Waals surface area (Å²) >= 11 is 0. The molecule has 0 bridgehead atoms. The summed E-state index contributed by atoms with van der Waals surface area (Å²) in [5.41, 5.74) is 3.34. The minimum Gasteiger partial charge on any atom is -0.486 e. The molecule has 0 unspecified atom stereocenters. The van der Waals surface area contributed by atoms with Crippen molar-refractivity contribution in [2.24, 2.45) is 7.05 Å². The molecule has 31 heavy (non-hydrogen) atoms. The summed E-state index contributed by atoms with van der Waals surface area (Å²) < 4.78 is 23.9. The molecule has 0 saturated heterocycles. The van der Waals surface area contributed by atoms with Gasteiger partial charge >= 0.3 is 0 Å². The zero-order valence-electron chi connectivity index (χ0n) is 17.5. The van der Waals surface area contributed by atoms with Crippen LogP contribution < -0.4 is 18.9 Å². The normalized spacial score (nSPS) is 13.9. The molecule has 0 radical (unpaired) electrons. The van der Waals surface area contributed by atoms with Gasteiger partial charge in [-0.3, -0.25) is 9.48 Å². The van der Waals surface area contributed by atoms with Crippen LogP contribution in [-0.2, 0) is 20.1 Å². The Labute approximate surface area is 179 Å². The number of hydrogen-bond acceptors (Lipinski definition) is 6. The van der Waals surface area contributed by atoms with Crippen LogP contribution in [0.4, 0.5) is 0 Å². The molecule has 0 atom stereocenters. The number of rotatable bonds is 5. The van der Waals surface area contributed by atoms with Crippen molar-refractivity contribution in [2.75, 3.05) is 20.0 Å². The molecule has 1 amide bonds. The van der Waals surface area contributed by atoms with Crippen LogP contribution >= 0.6 is 0 Å². The van der Waals surface area contributed by atoms with Crippen LogP contribution in [-0.4, -0.2) is 40.6 Å². The van der Waals surface area contributed by atoms with Gasteiger partial charge in [-0.25, -0.2) is 0 Å². The Hall–Kier alpha value is -3.68. The van der Waals surface area contributed by atoms with E-state index in [2.05, 4.69) is 5.10 Å². The molecule has 3 heterocycles. The second kappa shape index (κ2) is 7.86. The van der Waals surface area contributed by atoms with Crippen LogP contribution in [0, 0.1) is 6.92 Å². The first-order chi connectivity index (χ1) is 15.1. The Morgan fingerprint density at radius 3 is 2.45 bits per heavy atom. The Kier molecular flexibility index (Phi) is 4.89. The summed E-state index contributed by atoms with van der Waals surface area (Å²) in [4.78, 5) is 15.2. The van der Waals surface area contributed by atoms with Gasteiger partial charge in [0, 0.05) is 24.8 Å². The van der Waals surface area contributed by atoms with Crippen LogP contribution in [0.15, 0.2) is 42.5 Å². The zero-order valence-corrected chi connectivity index (χ0v) is 17.5. The first-order valence-electron chi connectivity index (χ1n) is 10.1. The average molecular weight is 421 g/mol. The van der Waals surface area contributed by atoms with Gasteiger partial charge in [0.15, 0.2) is 23.0 Å². The van der Waals surface area contributed by atoms with E-state index < -0.39 is 0 Å². The van der Waals surface area contributed by atoms with E-state index in [1.807, 2.05) is 42.9 Å². The van der Waals surface area contributed by atoms with Gasteiger partial charge in [0.1, 0.15) is 13.2 Å². The van der Waals surface area contributed by atoms with Gasteiger partial charge in [0.05, 0.1) is 12.2 Å². The van der Waals surface area contributed by atoms with E-state index >= 15 is 0 Å². The number of carbonyl (C=O) groups excluding carboxylic acids is 1. The van der Waals surface area contributed by atoms with Crippen molar-refractivity contribution < 1.29 is 23.7 Å². The molecule has 5 rings (SSSR count). The molecule has 2 aliphatic rings. The Balaban J connectivity index is 1.44. The smallest absolute Gasteiger partial charge is 0.254 e. The minimum atomic E-state index is -0.114. The van der Waals surface area contributed by atoms with Crippen molar-refractivity contribution in [1.29, 1.82) is 0 Å². The third-order valence-corrected chi connectivity index (χ3v) is 5.40. The van der Waals surface area contributed by atoms with Crippen LogP contribution in [0.25, 0.3) is 0 Å². The molecule has 8 heteroatoms. The maximum absolute atomic E-state index is 13.5. The number of hydrogen-bond donors (Lipinski definition) is 0. The predicted octanol–water partition coefficient (Wildman–Crippen LogP) is 3.07. The van der Waals surface area contributed by atoms with Crippen LogP contribution in [0.1, 0.15) is 27.3 Å². The highest BCUT2D eigenvalue weighted by molar-refractivity contribution is 5.95. The molecular weight excluding hydrogens is 398 g/mol. The van der Waals surface area contributed by atoms with E-state index in [4.69, 9.17) is 18.9 Å². The fraction of sp³-hybridized carbons (Fsp3) is 0.304. The minimum absolute atomic E-state index is 0.114. The van der Waals surface area contributed by atoms with Crippen LogP contribution in [0.2, 0.25) is 0 Å². The zero-order chi connectivity index (χ0) is 21.4. The Morgan fingerprint density at radius 1 is 0.935 bits per heavy atom. The van der Waals surface area contributed by atoms with Gasteiger partial charge in [-0.05, 0) is 48.9 Å². The lowest BCUT2D eigenvalue weighted by Gasteiger charge is -2.24. The molecule has 3 aromatic rings. The van der Waals surface area contributed by atoms with E-state index in [0.29, 0.717) is 49.1 Å². The standard InChI is InChI=1S/C23H23N3O5/c1-15-9-18(24-25(15)2)13-26(12-16-3-5-19-21(10-16)29-8-7-28-19)23(27)17-4-6-20-22(11-17)31-14-30-20/h3-6,9-11H,7-8,12-14H2,1-2H3. The second-order valence-corrected chi connectivity index (χ2v) is 7.61. The van der Waals surface area contributed by atoms with Gasteiger partial charge < -0.3 is 23.8 Å². The molecule has 160 valence electrons. The molecule has 0 fully saturated rings. The maximum Gasteiger partial charge on any atom is 0.254 e. The van der Waals surface area contributed by atoms with Crippen molar-refractivity contribution in [3.05, 3.63) is 65.0 Å². The Bertz CT molecular complexity index is 1120. The SMILES string of the molecule is Cc1cc(CN(Cc2ccc3c(c2)OCCO3)C(=O)c2ccc3c(c2)OCO3)nn1C. The molecule has 8 nitrogen and oxygen atoms in total. The summed E-state index contributed by atoms with van der Waals surface area (Å²) in [6.07, 6.45) is 0. The lowest BCUT2D eigenvalue weighted by atomic mass is 10.1. The highest BCUT2D eigenvalue weighted by Crippen LogP contribution is 2.34. The number of amides is 1. The molecular formula is C23H23N3O5. The fourth-order valence-electron chi connectivity index (χ4n) is 3.73. The van der Waals surface area contributed by atoms with E-state index in [0.717, 1.165) is 22.7 Å². The fourth-order valence-corrected chi connectivity index (χ4v) is 3.73. The summed E-state index contributed by atoms with van der Waals surface area (Å²) in [6.45, 7) is 3.99. The monoisotopic (exact) mass is 421 g/mol. The molecule has 0 saturated carbocycles. The van der Waals surface area contributed by atoms with Gasteiger partial charge in [-0.1, -0.05) is 6.07 Å². The van der Waals surface area contributed by atoms with Crippen LogP contribution in [0.3, 0.4) is 0 Å². The quantitative estimate of drug-likeness (QED) is 0.630. The predicted molar refractivity (Wildman–Crippen MR) is 112 cm³/mol. The van der Waals surface area contributed by atoms with Crippen molar-refractivity contribution >= 4 is 5.91 Å². The largest absolute Gasteiger partial charge is 0.486 e. The number of nitrogens with zero attached hydrogens (tertiary/aromatic N) is 3. The lowest BCUT2D eigenvalue weighted by molar-refractivity contribution is 0.0726. The number of aromatic nitrogens is 2. The summed E-state index contributed by atoms with van der Waals surface area (Å²) in [7, 11) is 1.89. The highest BCUT2D eigenvalue weighted by Gasteiger charge is 2.22. The van der Waals surface area contributed by atoms with E-state index in [-0.39, 0.29) is 12.7 Å². The van der Waals surface area contributed by atoms with Gasteiger partial charge in [-0.2, -0.15) is 5.10 Å². The van der Waals surface area contributed by atoms with Gasteiger partial charge in [-0.15, -0.1) is 0 Å². The van der Waals surface area contributed by atoms with Crippen LogP contribution in [0.5, 0.6) is 23.0 Å². The summed E-state index contributed by atoms with van der Waals surface area (Å²) in [5, 5.41) is 4.53. The molecule has 2 aliphatic heterocycles. The highest BCUT2D eigenvalue weighted by atomic mass is 16.7. The van der Waals surface area contributed by atoms with Crippen molar-refractivity contribution in [3.8, 4) is 23.0 Å². The molecule has 2 aromatic carbocycles. The van der Waals surface area contributed by atoms with Gasteiger partial charge in [0.25, 0.3) is 5.91 Å². The third kappa shape index (κ3) is 3.88. The first-order valence-corrected chi connectivity index (χ1v) is 10.1. The molecule has 0 spiro atoms. The lowest BCUT2D eigenvalue weighted by Crippen LogP contribution is -2.30. The topological polar surface area (TPSA) is 75.1 Å². The number of carbonyl (C=O) groups is 1. The van der Waals surface area contributed by atoms with Crippen molar-refractivity contribution in [2.45, 2.75) is 20.0 Å². The third-order valence-electron chi connectivity index (χ3n) is 5.40. The summed E-state index contributed by atoms with van der Waals surface area (Å²) in [5.74, 6) is 2.54.